The molecule has 0 fully saturated rings. The van der Waals surface area contributed by atoms with Crippen LogP contribution < -0.4 is 0 Å². The van der Waals surface area contributed by atoms with E-state index in [4.69, 9.17) is 0 Å². The molecule has 0 amide bonds. The Morgan fingerprint density at radius 3 is 2.55 bits per heavy atom. The predicted octanol–water partition coefficient (Wildman–Crippen LogP) is 3.83. The molecular formula is C24H16N2O2Te. The summed E-state index contributed by atoms with van der Waals surface area (Å²) in [6, 6.07) is 11.3. The van der Waals surface area contributed by atoms with Crippen LogP contribution >= 0.6 is 0 Å². The molecular weight excluding hydrogens is 476 g/mol. The number of pyridine rings is 1. The topological polar surface area (TPSA) is 50.3 Å². The molecule has 1 aliphatic heterocycles. The van der Waals surface area contributed by atoms with Gasteiger partial charge in [0.15, 0.2) is 0 Å². The Hall–Kier alpha value is -2.74. The molecule has 140 valence electrons. The van der Waals surface area contributed by atoms with Crippen LogP contribution in [0, 0.1) is 0 Å². The molecule has 0 saturated heterocycles. The average Bonchev–Trinajstić information content (AvgIpc) is 3.48. The van der Waals surface area contributed by atoms with Crippen LogP contribution in [0.1, 0.15) is 36.3 Å². The Kier molecular flexibility index (Phi) is 3.77. The molecule has 2 aliphatic carbocycles. The Morgan fingerprint density at radius 2 is 1.76 bits per heavy atom. The van der Waals surface area contributed by atoms with Crippen LogP contribution in [0.25, 0.3) is 8.92 Å². The molecule has 3 aliphatic rings. The van der Waals surface area contributed by atoms with Gasteiger partial charge in [-0.3, -0.25) is 0 Å². The number of carbonyl (C=O) groups is 2. The molecule has 0 N–H and O–H groups in total. The SMILES string of the molecule is O=C1C(=CC2=CC=C(N3Cc4[te]c5cccnc5c4C3)C2)C(=O)c2ccccc21. The molecule has 5 heteroatoms. The summed E-state index contributed by atoms with van der Waals surface area (Å²) < 4.78 is 3.05. The summed E-state index contributed by atoms with van der Waals surface area (Å²) in [4.78, 5) is 32.3. The van der Waals surface area contributed by atoms with Crippen molar-refractivity contribution in [1.82, 2.24) is 9.88 Å². The first-order valence-electron chi connectivity index (χ1n) is 9.59. The van der Waals surface area contributed by atoms with Crippen molar-refractivity contribution in [2.75, 3.05) is 0 Å². The van der Waals surface area contributed by atoms with Crippen LogP contribution in [0.2, 0.25) is 0 Å². The Labute approximate surface area is 177 Å². The first-order valence-corrected chi connectivity index (χ1v) is 11.9. The Balaban J connectivity index is 1.21. The van der Waals surface area contributed by atoms with E-state index in [0.29, 0.717) is 16.7 Å². The molecule has 0 bridgehead atoms. The number of carbonyl (C=O) groups excluding carboxylic acids is 2. The number of allylic oxidation sites excluding steroid dienone is 5. The van der Waals surface area contributed by atoms with Gasteiger partial charge in [-0.05, 0) is 0 Å². The normalized spacial score (nSPS) is 17.7. The van der Waals surface area contributed by atoms with E-state index in [0.717, 1.165) is 25.1 Å². The van der Waals surface area contributed by atoms with Crippen molar-refractivity contribution in [3.8, 4) is 0 Å². The van der Waals surface area contributed by atoms with Crippen LogP contribution in [-0.4, -0.2) is 41.9 Å². The minimum absolute atomic E-state index is 0.157. The van der Waals surface area contributed by atoms with Crippen LogP contribution in [0.4, 0.5) is 0 Å². The number of nitrogens with zero attached hydrogens (tertiary/aromatic N) is 2. The van der Waals surface area contributed by atoms with Crippen molar-refractivity contribution in [2.24, 2.45) is 0 Å². The van der Waals surface area contributed by atoms with Gasteiger partial charge in [-0.15, -0.1) is 0 Å². The molecule has 6 rings (SSSR count). The summed E-state index contributed by atoms with van der Waals surface area (Å²) in [5, 5.41) is 0. The average molecular weight is 492 g/mol. The zero-order valence-electron chi connectivity index (χ0n) is 15.5. The van der Waals surface area contributed by atoms with Crippen LogP contribution in [0.3, 0.4) is 0 Å². The summed E-state index contributed by atoms with van der Waals surface area (Å²) in [5.41, 5.74) is 6.24. The van der Waals surface area contributed by atoms with Gasteiger partial charge in [-0.2, -0.15) is 0 Å². The van der Waals surface area contributed by atoms with Crippen molar-refractivity contribution in [1.29, 1.82) is 0 Å². The van der Waals surface area contributed by atoms with Gasteiger partial charge in [0.1, 0.15) is 0 Å². The first-order chi connectivity index (χ1) is 14.2. The second kappa shape index (κ2) is 6.38. The first kappa shape index (κ1) is 17.1. The summed E-state index contributed by atoms with van der Waals surface area (Å²) in [7, 11) is 0. The molecule has 29 heavy (non-hydrogen) atoms. The standard InChI is InChI=1S/C24H16N2O2Te/c27-23-16-4-1-2-5-17(16)24(28)18(23)11-14-7-8-15(10-14)26-12-19-21(13-26)29-20-6-3-9-25-22(19)20/h1-9,11H,10,12-13H2. The van der Waals surface area contributed by atoms with Crippen LogP contribution in [0.15, 0.2) is 77.7 Å². The van der Waals surface area contributed by atoms with Gasteiger partial charge >= 0.3 is 178 Å². The van der Waals surface area contributed by atoms with E-state index < -0.39 is 0 Å². The number of hydrogen-bond donors (Lipinski definition) is 0. The van der Waals surface area contributed by atoms with Gasteiger partial charge < -0.3 is 0 Å². The van der Waals surface area contributed by atoms with Crippen molar-refractivity contribution in [2.45, 2.75) is 19.5 Å². The monoisotopic (exact) mass is 494 g/mol. The van der Waals surface area contributed by atoms with Crippen LogP contribution in [-0.2, 0) is 13.1 Å². The van der Waals surface area contributed by atoms with E-state index >= 15 is 0 Å². The fourth-order valence-electron chi connectivity index (χ4n) is 4.38. The fourth-order valence-corrected chi connectivity index (χ4v) is 7.77. The van der Waals surface area contributed by atoms with Crippen molar-refractivity contribution in [3.63, 3.8) is 0 Å². The number of fused-ring (bicyclic) bond motifs is 4. The van der Waals surface area contributed by atoms with Gasteiger partial charge in [0.2, 0.25) is 0 Å². The van der Waals surface area contributed by atoms with Gasteiger partial charge in [-0.25, -0.2) is 0 Å². The second-order valence-corrected chi connectivity index (χ2v) is 10.8. The molecule has 0 saturated carbocycles. The molecule has 0 unspecified atom stereocenters. The van der Waals surface area contributed by atoms with Crippen molar-refractivity contribution in [3.05, 3.63) is 97.9 Å². The van der Waals surface area contributed by atoms with Gasteiger partial charge in [-0.1, -0.05) is 0 Å². The third-order valence-corrected chi connectivity index (χ3v) is 9.17. The molecule has 0 atom stereocenters. The quantitative estimate of drug-likeness (QED) is 0.310. The second-order valence-electron chi connectivity index (χ2n) is 7.55. The Bertz CT molecular complexity index is 1290. The number of Topliss-reactive ketones (excluding diaryl/α,β-unsaturated/α-hetero) is 2. The van der Waals surface area contributed by atoms with Crippen molar-refractivity contribution >= 4 is 40.9 Å². The number of hydrogen-bond acceptors (Lipinski definition) is 4. The zero-order chi connectivity index (χ0) is 19.5. The van der Waals surface area contributed by atoms with Gasteiger partial charge in [0.05, 0.1) is 0 Å². The summed E-state index contributed by atoms with van der Waals surface area (Å²) in [5.74, 6) is -0.315. The number of benzene rings is 1. The predicted molar refractivity (Wildman–Crippen MR) is 112 cm³/mol. The summed E-state index contributed by atoms with van der Waals surface area (Å²) in [6.45, 7) is 1.90. The molecule has 3 aromatic rings. The zero-order valence-corrected chi connectivity index (χ0v) is 17.8. The minimum atomic E-state index is -0.294. The molecule has 2 aromatic heterocycles. The Morgan fingerprint density at radius 1 is 0.966 bits per heavy atom. The van der Waals surface area contributed by atoms with E-state index in [-0.39, 0.29) is 32.0 Å². The molecule has 0 radical (unpaired) electrons. The summed E-state index contributed by atoms with van der Waals surface area (Å²) >= 11 is -0.294. The van der Waals surface area contributed by atoms with E-state index in [1.54, 1.807) is 33.9 Å². The van der Waals surface area contributed by atoms with Crippen molar-refractivity contribution < 1.29 is 9.59 Å². The van der Waals surface area contributed by atoms with Gasteiger partial charge in [0.25, 0.3) is 0 Å². The fraction of sp³-hybridized carbons (Fsp3) is 0.125. The maximum absolute atomic E-state index is 12.6. The third kappa shape index (κ3) is 2.62. The number of ketones is 2. The molecule has 1 aromatic carbocycles. The maximum atomic E-state index is 12.6. The summed E-state index contributed by atoms with van der Waals surface area (Å²) in [6.07, 6.45) is 8.61. The number of aromatic nitrogens is 1. The number of rotatable bonds is 2. The van der Waals surface area contributed by atoms with E-state index in [2.05, 4.69) is 22.0 Å². The van der Waals surface area contributed by atoms with Crippen LogP contribution in [0.5, 0.6) is 0 Å². The molecule has 3 heterocycles. The molecule has 0 spiro atoms. The van der Waals surface area contributed by atoms with E-state index in [9.17, 15) is 9.59 Å². The third-order valence-electron chi connectivity index (χ3n) is 5.83. The molecule has 4 nitrogen and oxygen atoms in total. The van der Waals surface area contributed by atoms with E-state index in [1.165, 1.54) is 20.2 Å². The van der Waals surface area contributed by atoms with E-state index in [1.807, 2.05) is 18.3 Å². The van der Waals surface area contributed by atoms with Gasteiger partial charge in [0, 0.05) is 0 Å².